The van der Waals surface area contributed by atoms with Crippen LogP contribution in [0.5, 0.6) is 0 Å². The van der Waals surface area contributed by atoms with E-state index >= 15 is 0 Å². The first-order valence-electron chi connectivity index (χ1n) is 10.8. The average Bonchev–Trinajstić information content (AvgIpc) is 3.58. The number of fused-ring (bicyclic) bond motifs is 1. The number of hydrogen-bond donors (Lipinski definition) is 2. The van der Waals surface area contributed by atoms with Crippen LogP contribution in [-0.2, 0) is 4.79 Å². The summed E-state index contributed by atoms with van der Waals surface area (Å²) in [7, 11) is 0. The van der Waals surface area contributed by atoms with Gasteiger partial charge in [-0.3, -0.25) is 4.79 Å². The van der Waals surface area contributed by atoms with Gasteiger partial charge in [0.15, 0.2) is 5.13 Å². The van der Waals surface area contributed by atoms with Crippen LogP contribution in [0.1, 0.15) is 22.2 Å². The highest BCUT2D eigenvalue weighted by Crippen LogP contribution is 2.27. The zero-order chi connectivity index (χ0) is 22.8. The first kappa shape index (κ1) is 26.8. The largest absolute Gasteiger partial charge is 0.412 e. The second kappa shape index (κ2) is 11.8. The molecule has 1 aliphatic rings. The number of anilines is 2. The maximum absolute atomic E-state index is 13.0. The van der Waals surface area contributed by atoms with Crippen molar-refractivity contribution >= 4 is 62.5 Å². The molecule has 0 saturated carbocycles. The van der Waals surface area contributed by atoms with E-state index in [1.807, 2.05) is 47.3 Å². The summed E-state index contributed by atoms with van der Waals surface area (Å²) >= 11 is 9.30. The van der Waals surface area contributed by atoms with Crippen LogP contribution in [0, 0.1) is 0 Å². The molecule has 0 radical (unpaired) electrons. The van der Waals surface area contributed by atoms with E-state index in [0.29, 0.717) is 5.02 Å². The Morgan fingerprint density at radius 1 is 1.23 bits per heavy atom. The van der Waals surface area contributed by atoms with Gasteiger partial charge < -0.3 is 30.5 Å². The summed E-state index contributed by atoms with van der Waals surface area (Å²) in [5.41, 5.74) is 2.14. The van der Waals surface area contributed by atoms with Crippen molar-refractivity contribution in [2.75, 3.05) is 22.7 Å². The molecule has 35 heavy (non-hydrogen) atoms. The third-order valence-corrected chi connectivity index (χ3v) is 7.76. The van der Waals surface area contributed by atoms with Gasteiger partial charge in [0.25, 0.3) is 0 Å². The van der Waals surface area contributed by atoms with Crippen molar-refractivity contribution in [2.45, 2.75) is 30.3 Å². The van der Waals surface area contributed by atoms with Crippen LogP contribution in [0.2, 0.25) is 5.02 Å². The molecule has 11 heteroatoms. The highest BCUT2D eigenvalue weighted by atomic mass is 35.5. The van der Waals surface area contributed by atoms with Crippen molar-refractivity contribution in [3.8, 4) is 0 Å². The number of carbonyl (C=O) groups is 1. The van der Waals surface area contributed by atoms with E-state index in [2.05, 4.69) is 44.2 Å². The summed E-state index contributed by atoms with van der Waals surface area (Å²) in [6.07, 6.45) is 4.67. The molecule has 4 aromatic rings. The molecule has 1 amide bonds. The van der Waals surface area contributed by atoms with Gasteiger partial charge in [0.1, 0.15) is 6.04 Å². The lowest BCUT2D eigenvalue weighted by Crippen LogP contribution is -2.40. The average molecular weight is 538 g/mol. The van der Waals surface area contributed by atoms with Gasteiger partial charge in [0.2, 0.25) is 5.91 Å². The zero-order valence-electron chi connectivity index (χ0n) is 19.1. The van der Waals surface area contributed by atoms with E-state index in [1.54, 1.807) is 29.5 Å². The Balaban J connectivity index is 0.00000171. The summed E-state index contributed by atoms with van der Waals surface area (Å²) in [6.45, 7) is 3.66. The molecule has 0 spiro atoms. The zero-order valence-corrected chi connectivity index (χ0v) is 21.5. The molecule has 2 atom stereocenters. The van der Waals surface area contributed by atoms with E-state index < -0.39 is 0 Å². The minimum absolute atomic E-state index is 0. The molecule has 3 heterocycles. The Hall–Kier alpha value is -2.76. The summed E-state index contributed by atoms with van der Waals surface area (Å²) in [6, 6.07) is 16.1. The van der Waals surface area contributed by atoms with Crippen molar-refractivity contribution in [3.63, 3.8) is 0 Å². The first-order chi connectivity index (χ1) is 16.1. The van der Waals surface area contributed by atoms with Crippen molar-refractivity contribution in [1.82, 2.24) is 14.9 Å². The Bertz CT molecular complexity index is 1260. The molecule has 190 valence electrons. The van der Waals surface area contributed by atoms with Crippen LogP contribution in [0.15, 0.2) is 71.2 Å². The quantitative estimate of drug-likeness (QED) is 0.331. The van der Waals surface area contributed by atoms with Crippen LogP contribution in [0.3, 0.4) is 0 Å². The number of halogens is 1. The highest BCUT2D eigenvalue weighted by molar-refractivity contribution is 8.00. The third-order valence-electron chi connectivity index (χ3n) is 5.91. The second-order valence-corrected chi connectivity index (χ2v) is 10.3. The molecule has 1 aliphatic heterocycles. The second-order valence-electron chi connectivity index (χ2n) is 8.08. The molecule has 2 aromatic carbocycles. The standard InChI is InChI=1S/C24H24ClN5OS2.2H2O.2H2/c1-16(30-12-8-17-2-3-18(25)14-22(17)30)23(31)27-19-9-11-29(15-19)20-4-6-21(7-5-20)33-28-24-26-10-13-32-24;;;;/h2-8,10,12-14,16,19H,9,11,15H2,1H3,(H,26,28)(H,27,31);2*1H2;2*1H/t16-,19+;;;;/m1..../s1. The van der Waals surface area contributed by atoms with E-state index in [9.17, 15) is 4.79 Å². The van der Waals surface area contributed by atoms with Gasteiger partial charge in [-0.2, -0.15) is 0 Å². The minimum atomic E-state index is -0.309. The number of carbonyl (C=O) groups excluding carboxylic acids is 1. The van der Waals surface area contributed by atoms with Gasteiger partial charge >= 0.3 is 0 Å². The number of nitrogens with one attached hydrogen (secondary N) is 2. The fourth-order valence-corrected chi connectivity index (χ4v) is 5.51. The van der Waals surface area contributed by atoms with E-state index in [4.69, 9.17) is 11.6 Å². The number of hydrogen-bond acceptors (Lipinski definition) is 6. The van der Waals surface area contributed by atoms with Crippen LogP contribution >= 0.6 is 34.9 Å². The Morgan fingerprint density at radius 2 is 2.03 bits per heavy atom. The molecular formula is C24H32ClN5O3S2. The lowest BCUT2D eigenvalue weighted by Gasteiger charge is -2.21. The van der Waals surface area contributed by atoms with E-state index in [-0.39, 0.29) is 31.8 Å². The summed E-state index contributed by atoms with van der Waals surface area (Å²) in [5, 5.41) is 7.83. The smallest absolute Gasteiger partial charge is 0.243 e. The fourth-order valence-electron chi connectivity index (χ4n) is 4.12. The SMILES string of the molecule is C[C@H](C(=O)N[C@H]1CCN(c2ccc(SNc3nccs3)cc2)C1)n1ccc2ccc(Cl)cc21.O.O.[HH].[HH]. The van der Waals surface area contributed by atoms with Crippen molar-refractivity contribution in [3.05, 3.63) is 71.3 Å². The van der Waals surface area contributed by atoms with Crippen LogP contribution in [0.25, 0.3) is 10.9 Å². The van der Waals surface area contributed by atoms with Crippen LogP contribution in [0.4, 0.5) is 10.8 Å². The Morgan fingerprint density at radius 3 is 2.77 bits per heavy atom. The number of amides is 1. The van der Waals surface area contributed by atoms with Crippen molar-refractivity contribution < 1.29 is 18.6 Å². The van der Waals surface area contributed by atoms with Gasteiger partial charge in [-0.05, 0) is 73.1 Å². The van der Waals surface area contributed by atoms with Crippen LogP contribution in [-0.4, -0.2) is 45.5 Å². The molecule has 1 saturated heterocycles. The molecule has 0 bridgehead atoms. The lowest BCUT2D eigenvalue weighted by atomic mass is 10.2. The predicted octanol–water partition coefficient (Wildman–Crippen LogP) is 4.67. The van der Waals surface area contributed by atoms with E-state index in [0.717, 1.165) is 40.4 Å². The molecular weight excluding hydrogens is 506 g/mol. The molecule has 2 aromatic heterocycles. The summed E-state index contributed by atoms with van der Waals surface area (Å²) in [4.78, 5) is 20.7. The van der Waals surface area contributed by atoms with Gasteiger partial charge in [0.05, 0.1) is 5.52 Å². The maximum atomic E-state index is 13.0. The fraction of sp³-hybridized carbons (Fsp3) is 0.250. The normalized spacial score (nSPS) is 15.8. The molecule has 0 aliphatic carbocycles. The number of benzene rings is 2. The van der Waals surface area contributed by atoms with Gasteiger partial charge in [-0.1, -0.05) is 17.7 Å². The third kappa shape index (κ3) is 6.09. The first-order valence-corrected chi connectivity index (χ1v) is 12.9. The minimum Gasteiger partial charge on any atom is -0.412 e. The molecule has 5 rings (SSSR count). The Labute approximate surface area is 220 Å². The predicted molar refractivity (Wildman–Crippen MR) is 150 cm³/mol. The summed E-state index contributed by atoms with van der Waals surface area (Å²) in [5.74, 6) is 0.0272. The Kier molecular flexibility index (Phi) is 9.03. The van der Waals surface area contributed by atoms with Crippen molar-refractivity contribution in [1.29, 1.82) is 0 Å². The number of nitrogens with zero attached hydrogens (tertiary/aromatic N) is 3. The molecule has 0 unspecified atom stereocenters. The van der Waals surface area contributed by atoms with Crippen molar-refractivity contribution in [2.24, 2.45) is 0 Å². The topological polar surface area (TPSA) is 125 Å². The highest BCUT2D eigenvalue weighted by Gasteiger charge is 2.26. The van der Waals surface area contributed by atoms with Crippen LogP contribution < -0.4 is 14.9 Å². The number of thiazole rings is 1. The lowest BCUT2D eigenvalue weighted by molar-refractivity contribution is -0.124. The molecule has 8 nitrogen and oxygen atoms in total. The maximum Gasteiger partial charge on any atom is 0.243 e. The number of rotatable bonds is 7. The summed E-state index contributed by atoms with van der Waals surface area (Å²) < 4.78 is 5.23. The van der Waals surface area contributed by atoms with Gasteiger partial charge in [-0.15, -0.1) is 11.3 Å². The monoisotopic (exact) mass is 537 g/mol. The van der Waals surface area contributed by atoms with Gasteiger partial charge in [0, 0.05) is 55.4 Å². The molecule has 6 N–H and O–H groups in total. The van der Waals surface area contributed by atoms with Gasteiger partial charge in [-0.25, -0.2) is 4.98 Å². The number of aromatic nitrogens is 2. The molecule has 1 fully saturated rings. The van der Waals surface area contributed by atoms with E-state index in [1.165, 1.54) is 5.69 Å².